The summed E-state index contributed by atoms with van der Waals surface area (Å²) in [5, 5.41) is 6.09. The number of rotatable bonds is 6. The lowest BCUT2D eigenvalue weighted by Crippen LogP contribution is -2.30. The predicted octanol–water partition coefficient (Wildman–Crippen LogP) is 4.84. The summed E-state index contributed by atoms with van der Waals surface area (Å²) in [6.45, 7) is 1.50. The molecule has 0 saturated carbocycles. The fraction of sp³-hybridized carbons (Fsp3) is 0.385. The number of azo groups is 1. The minimum Gasteiger partial charge on any atom is -0.464 e. The Hall–Kier alpha value is -1.38. The molecule has 0 fully saturated rings. The molecular weight excluding hydrogens is 396 g/mol. The summed E-state index contributed by atoms with van der Waals surface area (Å²) in [5.74, 6) is -2.32. The zero-order valence-electron chi connectivity index (χ0n) is 12.0. The van der Waals surface area contributed by atoms with Crippen LogP contribution in [0.15, 0.2) is 22.4 Å². The fourth-order valence-electron chi connectivity index (χ4n) is 1.48. The van der Waals surface area contributed by atoms with E-state index in [0.717, 1.165) is 0 Å². The zero-order chi connectivity index (χ0) is 18.5. The van der Waals surface area contributed by atoms with Crippen molar-refractivity contribution in [3.63, 3.8) is 0 Å². The molecule has 5 nitrogen and oxygen atoms in total. The predicted molar refractivity (Wildman–Crippen MR) is 82.1 cm³/mol. The molecule has 1 aromatic rings. The molecule has 1 atom stereocenters. The Labute approximate surface area is 149 Å². The molecular formula is C13H10Cl3F3N2O3. The van der Waals surface area contributed by atoms with Gasteiger partial charge in [0.25, 0.3) is 0 Å². The molecule has 0 amide bonds. The SMILES string of the molecule is CCOC(=O)C(N=Nc1c(Cl)cc(C(F)(F)F)cc1Cl)C(=O)CCl. The number of ketones is 1. The summed E-state index contributed by atoms with van der Waals surface area (Å²) in [6.07, 6.45) is -4.65. The molecule has 0 saturated heterocycles. The first-order chi connectivity index (χ1) is 11.1. The molecule has 0 heterocycles. The number of hydrogen-bond donors (Lipinski definition) is 0. The lowest BCUT2D eigenvalue weighted by atomic mass is 10.2. The Kier molecular flexibility index (Phi) is 7.44. The molecule has 0 spiro atoms. The number of halogens is 6. The fourth-order valence-corrected chi connectivity index (χ4v) is 2.19. The van der Waals surface area contributed by atoms with E-state index < -0.39 is 45.5 Å². The standard InChI is InChI=1S/C13H10Cl3F3N2O3/c1-2-24-12(23)11(9(22)5-14)21-20-10-7(15)3-6(4-8(10)16)13(17,18)19/h3-4,11H,2,5H2,1H3. The van der Waals surface area contributed by atoms with Crippen LogP contribution in [0.5, 0.6) is 0 Å². The maximum absolute atomic E-state index is 12.6. The van der Waals surface area contributed by atoms with Gasteiger partial charge in [0.2, 0.25) is 6.04 Å². The van der Waals surface area contributed by atoms with Crippen molar-refractivity contribution in [1.82, 2.24) is 0 Å². The third-order valence-corrected chi connectivity index (χ3v) is 3.40. The molecule has 0 N–H and O–H groups in total. The second kappa shape index (κ2) is 8.64. The third kappa shape index (κ3) is 5.32. The van der Waals surface area contributed by atoms with Crippen LogP contribution in [0.2, 0.25) is 10.0 Å². The van der Waals surface area contributed by atoms with E-state index in [1.165, 1.54) is 6.92 Å². The maximum atomic E-state index is 12.6. The molecule has 132 valence electrons. The second-order valence-electron chi connectivity index (χ2n) is 4.26. The number of carbonyl (C=O) groups excluding carboxylic acids is 2. The van der Waals surface area contributed by atoms with Crippen molar-refractivity contribution in [2.75, 3.05) is 12.5 Å². The Morgan fingerprint density at radius 1 is 1.25 bits per heavy atom. The van der Waals surface area contributed by atoms with E-state index in [2.05, 4.69) is 15.0 Å². The van der Waals surface area contributed by atoms with E-state index >= 15 is 0 Å². The van der Waals surface area contributed by atoms with E-state index in [0.29, 0.717) is 12.1 Å². The van der Waals surface area contributed by atoms with Gasteiger partial charge in [-0.15, -0.1) is 11.6 Å². The van der Waals surface area contributed by atoms with Gasteiger partial charge in [-0.25, -0.2) is 4.79 Å². The van der Waals surface area contributed by atoms with Crippen molar-refractivity contribution in [3.05, 3.63) is 27.7 Å². The average molecular weight is 406 g/mol. The van der Waals surface area contributed by atoms with E-state index in [1.54, 1.807) is 0 Å². The van der Waals surface area contributed by atoms with Gasteiger partial charge in [-0.3, -0.25) is 4.79 Å². The Morgan fingerprint density at radius 3 is 2.21 bits per heavy atom. The van der Waals surface area contributed by atoms with Gasteiger partial charge >= 0.3 is 12.1 Å². The van der Waals surface area contributed by atoms with Crippen LogP contribution in [0.25, 0.3) is 0 Å². The number of alkyl halides is 4. The minimum atomic E-state index is -4.65. The van der Waals surface area contributed by atoms with E-state index in [1.807, 2.05) is 0 Å². The van der Waals surface area contributed by atoms with Gasteiger partial charge in [0.05, 0.1) is 28.1 Å². The lowest BCUT2D eigenvalue weighted by molar-refractivity contribution is -0.147. The Morgan fingerprint density at radius 2 is 1.79 bits per heavy atom. The summed E-state index contributed by atoms with van der Waals surface area (Å²) in [6, 6.07) is -0.452. The maximum Gasteiger partial charge on any atom is 0.416 e. The van der Waals surface area contributed by atoms with Crippen LogP contribution < -0.4 is 0 Å². The molecule has 1 rings (SSSR count). The van der Waals surface area contributed by atoms with Gasteiger partial charge in [0.1, 0.15) is 5.69 Å². The highest BCUT2D eigenvalue weighted by atomic mass is 35.5. The lowest BCUT2D eigenvalue weighted by Gasteiger charge is -2.10. The average Bonchev–Trinajstić information content (AvgIpc) is 2.48. The highest BCUT2D eigenvalue weighted by molar-refractivity contribution is 6.38. The van der Waals surface area contributed by atoms with E-state index in [4.69, 9.17) is 34.8 Å². The first kappa shape index (κ1) is 20.7. The van der Waals surface area contributed by atoms with Gasteiger partial charge in [0, 0.05) is 0 Å². The van der Waals surface area contributed by atoms with Gasteiger partial charge in [-0.1, -0.05) is 23.2 Å². The van der Waals surface area contributed by atoms with Crippen LogP contribution in [0, 0.1) is 0 Å². The summed E-state index contributed by atoms with van der Waals surface area (Å²) >= 11 is 16.8. The molecule has 0 aliphatic carbocycles. The van der Waals surface area contributed by atoms with Crippen LogP contribution in [0.1, 0.15) is 12.5 Å². The van der Waals surface area contributed by atoms with Crippen LogP contribution in [-0.4, -0.2) is 30.3 Å². The Bertz CT molecular complexity index is 643. The number of esters is 1. The largest absolute Gasteiger partial charge is 0.464 e. The number of Topliss-reactive ketones (excluding diaryl/α,β-unsaturated/α-hetero) is 1. The number of benzene rings is 1. The molecule has 1 aromatic carbocycles. The van der Waals surface area contributed by atoms with Gasteiger partial charge < -0.3 is 4.74 Å². The van der Waals surface area contributed by atoms with Crippen molar-refractivity contribution in [3.8, 4) is 0 Å². The van der Waals surface area contributed by atoms with E-state index in [-0.39, 0.29) is 12.3 Å². The van der Waals surface area contributed by atoms with E-state index in [9.17, 15) is 22.8 Å². The minimum absolute atomic E-state index is 0.0117. The van der Waals surface area contributed by atoms with Crippen molar-refractivity contribution in [2.45, 2.75) is 19.1 Å². The number of ether oxygens (including phenoxy) is 1. The number of carbonyl (C=O) groups is 2. The summed E-state index contributed by atoms with van der Waals surface area (Å²) < 4.78 is 42.6. The Balaban J connectivity index is 3.19. The molecule has 24 heavy (non-hydrogen) atoms. The molecule has 0 aliphatic rings. The summed E-state index contributed by atoms with van der Waals surface area (Å²) in [4.78, 5) is 23.3. The molecule has 0 aliphatic heterocycles. The third-order valence-electron chi connectivity index (χ3n) is 2.56. The van der Waals surface area contributed by atoms with Gasteiger partial charge in [-0.2, -0.15) is 23.4 Å². The molecule has 0 aromatic heterocycles. The quantitative estimate of drug-likeness (QED) is 0.294. The highest BCUT2D eigenvalue weighted by Gasteiger charge is 2.32. The smallest absolute Gasteiger partial charge is 0.416 e. The van der Waals surface area contributed by atoms with Crippen LogP contribution in [0.4, 0.5) is 18.9 Å². The van der Waals surface area contributed by atoms with Crippen molar-refractivity contribution in [1.29, 1.82) is 0 Å². The molecule has 1 unspecified atom stereocenters. The number of hydrogen-bond acceptors (Lipinski definition) is 5. The topological polar surface area (TPSA) is 68.1 Å². The van der Waals surface area contributed by atoms with Crippen molar-refractivity contribution >= 4 is 52.2 Å². The molecule has 11 heteroatoms. The van der Waals surface area contributed by atoms with Gasteiger partial charge in [0.15, 0.2) is 5.78 Å². The second-order valence-corrected chi connectivity index (χ2v) is 5.34. The normalized spacial score (nSPS) is 13.1. The van der Waals surface area contributed by atoms with Crippen molar-refractivity contribution < 1.29 is 27.5 Å². The summed E-state index contributed by atoms with van der Waals surface area (Å²) in [5.41, 5.74) is -1.39. The van der Waals surface area contributed by atoms with Crippen molar-refractivity contribution in [2.24, 2.45) is 10.2 Å². The zero-order valence-corrected chi connectivity index (χ0v) is 14.3. The number of nitrogens with zero attached hydrogens (tertiary/aromatic N) is 2. The first-order valence-corrected chi connectivity index (χ1v) is 7.63. The van der Waals surface area contributed by atoms with Crippen LogP contribution >= 0.6 is 34.8 Å². The highest BCUT2D eigenvalue weighted by Crippen LogP contribution is 2.40. The monoisotopic (exact) mass is 404 g/mol. The van der Waals surface area contributed by atoms with Gasteiger partial charge in [-0.05, 0) is 19.1 Å². The summed E-state index contributed by atoms with van der Waals surface area (Å²) in [7, 11) is 0. The van der Waals surface area contributed by atoms with Crippen LogP contribution in [-0.2, 0) is 20.5 Å². The molecule has 0 bridgehead atoms. The van der Waals surface area contributed by atoms with Crippen LogP contribution in [0.3, 0.4) is 0 Å². The molecule has 0 radical (unpaired) electrons. The first-order valence-electron chi connectivity index (χ1n) is 6.34.